The van der Waals surface area contributed by atoms with E-state index in [4.69, 9.17) is 5.73 Å². The molecular formula is C11H18BrN3OS. The lowest BCUT2D eigenvalue weighted by molar-refractivity contribution is -0.120. The van der Waals surface area contributed by atoms with Crippen LogP contribution in [0.25, 0.3) is 0 Å². The molecule has 1 unspecified atom stereocenters. The van der Waals surface area contributed by atoms with E-state index in [1.165, 1.54) is 0 Å². The van der Waals surface area contributed by atoms with Crippen LogP contribution in [0.4, 0.5) is 0 Å². The zero-order valence-electron chi connectivity index (χ0n) is 10.3. The highest BCUT2D eigenvalue weighted by atomic mass is 79.9. The van der Waals surface area contributed by atoms with Crippen molar-refractivity contribution in [2.75, 3.05) is 27.2 Å². The Hall–Kier alpha value is -0.430. The number of hydrogen-bond acceptors (Lipinski definition) is 4. The lowest BCUT2D eigenvalue weighted by Gasteiger charge is -2.16. The topological polar surface area (TPSA) is 58.4 Å². The fraction of sp³-hybridized carbons (Fsp3) is 0.545. The van der Waals surface area contributed by atoms with Gasteiger partial charge in [0, 0.05) is 27.3 Å². The van der Waals surface area contributed by atoms with Gasteiger partial charge in [-0.25, -0.2) is 0 Å². The first-order valence-corrected chi connectivity index (χ1v) is 6.96. The molecule has 0 saturated heterocycles. The van der Waals surface area contributed by atoms with Crippen molar-refractivity contribution in [3.05, 3.63) is 20.3 Å². The van der Waals surface area contributed by atoms with Crippen LogP contribution < -0.4 is 11.1 Å². The van der Waals surface area contributed by atoms with E-state index in [-0.39, 0.29) is 5.91 Å². The molecule has 0 aliphatic rings. The molecule has 3 N–H and O–H groups in total. The normalized spacial score (nSPS) is 13.0. The molecule has 0 saturated carbocycles. The Labute approximate surface area is 114 Å². The first-order chi connectivity index (χ1) is 7.91. The molecule has 0 aliphatic heterocycles. The Morgan fingerprint density at radius 1 is 1.65 bits per heavy atom. The summed E-state index contributed by atoms with van der Waals surface area (Å²) in [7, 11) is 3.99. The monoisotopic (exact) mass is 319 g/mol. The van der Waals surface area contributed by atoms with Crippen molar-refractivity contribution >= 4 is 33.2 Å². The summed E-state index contributed by atoms with van der Waals surface area (Å²) < 4.78 is 1.03. The van der Waals surface area contributed by atoms with Crippen LogP contribution in [0.2, 0.25) is 0 Å². The number of carbonyl (C=O) groups is 1. The summed E-state index contributed by atoms with van der Waals surface area (Å²) in [6, 6.07) is 1.56. The van der Waals surface area contributed by atoms with Crippen LogP contribution in [0.1, 0.15) is 15.8 Å². The van der Waals surface area contributed by atoms with Gasteiger partial charge >= 0.3 is 0 Å². The van der Waals surface area contributed by atoms with Crippen LogP contribution in [0.3, 0.4) is 0 Å². The summed E-state index contributed by atoms with van der Waals surface area (Å²) in [5, 5.41) is 3.18. The van der Waals surface area contributed by atoms with Crippen LogP contribution in [-0.4, -0.2) is 38.0 Å². The quantitative estimate of drug-likeness (QED) is 0.835. The molecular weight excluding hydrogens is 302 g/mol. The summed E-state index contributed by atoms with van der Waals surface area (Å²) in [6.45, 7) is 3.61. The van der Waals surface area contributed by atoms with Gasteiger partial charge in [-0.05, 0) is 43.0 Å². The number of carbonyl (C=O) groups excluding carboxylic acids is 1. The molecule has 1 atom stereocenters. The van der Waals surface area contributed by atoms with E-state index >= 15 is 0 Å². The standard InChI is InChI=1S/C11H18BrN3OS/c1-7-8(12)6-9(17-7)10(11(13)16)14-4-5-15(2)3/h6,10,14H,4-5H2,1-3H3,(H2,13,16). The number of thiophene rings is 1. The maximum Gasteiger partial charge on any atom is 0.239 e. The molecule has 4 nitrogen and oxygen atoms in total. The highest BCUT2D eigenvalue weighted by molar-refractivity contribution is 9.10. The van der Waals surface area contributed by atoms with E-state index in [1.54, 1.807) is 11.3 Å². The van der Waals surface area contributed by atoms with E-state index < -0.39 is 6.04 Å². The van der Waals surface area contributed by atoms with E-state index in [2.05, 4.69) is 26.1 Å². The zero-order chi connectivity index (χ0) is 13.0. The number of aryl methyl sites for hydroxylation is 1. The molecule has 17 heavy (non-hydrogen) atoms. The fourth-order valence-electron chi connectivity index (χ4n) is 1.40. The van der Waals surface area contributed by atoms with Gasteiger partial charge < -0.3 is 16.0 Å². The minimum absolute atomic E-state index is 0.336. The van der Waals surface area contributed by atoms with Crippen LogP contribution in [0.5, 0.6) is 0 Å². The minimum Gasteiger partial charge on any atom is -0.368 e. The number of likely N-dealkylation sites (N-methyl/N-ethyl adjacent to an activating group) is 1. The number of rotatable bonds is 6. The van der Waals surface area contributed by atoms with Crippen molar-refractivity contribution in [2.45, 2.75) is 13.0 Å². The van der Waals surface area contributed by atoms with Gasteiger partial charge in [0.2, 0.25) is 5.91 Å². The summed E-state index contributed by atoms with van der Waals surface area (Å²) >= 11 is 5.03. The molecule has 0 bridgehead atoms. The Kier molecular flexibility index (Phi) is 5.58. The maximum absolute atomic E-state index is 11.4. The largest absolute Gasteiger partial charge is 0.368 e. The molecule has 1 amide bonds. The van der Waals surface area contributed by atoms with Crippen molar-refractivity contribution in [2.24, 2.45) is 5.73 Å². The predicted molar refractivity (Wildman–Crippen MR) is 75.2 cm³/mol. The zero-order valence-corrected chi connectivity index (χ0v) is 12.7. The average Bonchev–Trinajstić information content (AvgIpc) is 2.53. The van der Waals surface area contributed by atoms with Crippen LogP contribution in [0, 0.1) is 6.92 Å². The second-order valence-corrected chi connectivity index (χ2v) is 6.29. The number of nitrogens with one attached hydrogen (secondary N) is 1. The van der Waals surface area contributed by atoms with Crippen molar-refractivity contribution in [3.8, 4) is 0 Å². The molecule has 0 aromatic carbocycles. The first-order valence-electron chi connectivity index (χ1n) is 5.35. The number of primary amides is 1. The molecule has 0 spiro atoms. The number of amides is 1. The lowest BCUT2D eigenvalue weighted by Crippen LogP contribution is -2.36. The van der Waals surface area contributed by atoms with E-state index in [0.717, 1.165) is 27.3 Å². The average molecular weight is 320 g/mol. The van der Waals surface area contributed by atoms with Crippen molar-refractivity contribution in [1.82, 2.24) is 10.2 Å². The predicted octanol–water partition coefficient (Wildman–Crippen LogP) is 1.50. The van der Waals surface area contributed by atoms with Gasteiger partial charge in [0.1, 0.15) is 6.04 Å². The van der Waals surface area contributed by atoms with Gasteiger partial charge in [-0.1, -0.05) is 0 Å². The van der Waals surface area contributed by atoms with E-state index in [9.17, 15) is 4.79 Å². The third-order valence-corrected chi connectivity index (χ3v) is 4.55. The number of nitrogens with two attached hydrogens (primary N) is 1. The van der Waals surface area contributed by atoms with Crippen molar-refractivity contribution < 1.29 is 4.79 Å². The van der Waals surface area contributed by atoms with Gasteiger partial charge in [0.15, 0.2) is 0 Å². The third-order valence-electron chi connectivity index (χ3n) is 2.35. The van der Waals surface area contributed by atoms with Gasteiger partial charge in [-0.2, -0.15) is 0 Å². The summed E-state index contributed by atoms with van der Waals surface area (Å²) in [5.74, 6) is -0.336. The molecule has 1 heterocycles. The molecule has 6 heteroatoms. The molecule has 0 fully saturated rings. The van der Waals surface area contributed by atoms with Crippen LogP contribution >= 0.6 is 27.3 Å². The smallest absolute Gasteiger partial charge is 0.239 e. The summed E-state index contributed by atoms with van der Waals surface area (Å²) in [5.41, 5.74) is 5.42. The molecule has 0 radical (unpaired) electrons. The molecule has 1 aromatic heterocycles. The first kappa shape index (κ1) is 14.6. The molecule has 1 aromatic rings. The van der Waals surface area contributed by atoms with Gasteiger partial charge in [-0.3, -0.25) is 4.79 Å². The molecule has 0 aliphatic carbocycles. The number of nitrogens with zero attached hydrogens (tertiary/aromatic N) is 1. The lowest BCUT2D eigenvalue weighted by atomic mass is 10.2. The van der Waals surface area contributed by atoms with Crippen LogP contribution in [-0.2, 0) is 4.79 Å². The van der Waals surface area contributed by atoms with E-state index in [0.29, 0.717) is 0 Å². The minimum atomic E-state index is -0.398. The molecule has 1 rings (SSSR count). The second-order valence-electron chi connectivity index (χ2n) is 4.15. The molecule has 96 valence electrons. The Balaban J connectivity index is 2.69. The van der Waals surface area contributed by atoms with Gasteiger partial charge in [-0.15, -0.1) is 11.3 Å². The van der Waals surface area contributed by atoms with Crippen LogP contribution in [0.15, 0.2) is 10.5 Å². The summed E-state index contributed by atoms with van der Waals surface area (Å²) in [4.78, 5) is 15.6. The highest BCUT2D eigenvalue weighted by Gasteiger charge is 2.19. The summed E-state index contributed by atoms with van der Waals surface area (Å²) in [6.07, 6.45) is 0. The van der Waals surface area contributed by atoms with Crippen molar-refractivity contribution in [1.29, 1.82) is 0 Å². The van der Waals surface area contributed by atoms with Gasteiger partial charge in [0.05, 0.1) is 0 Å². The highest BCUT2D eigenvalue weighted by Crippen LogP contribution is 2.30. The fourth-order valence-corrected chi connectivity index (χ4v) is 3.04. The second kappa shape index (κ2) is 6.49. The third kappa shape index (κ3) is 4.39. The van der Waals surface area contributed by atoms with Crippen molar-refractivity contribution in [3.63, 3.8) is 0 Å². The maximum atomic E-state index is 11.4. The number of hydrogen-bond donors (Lipinski definition) is 2. The van der Waals surface area contributed by atoms with E-state index in [1.807, 2.05) is 27.1 Å². The number of halogens is 1. The Morgan fingerprint density at radius 2 is 2.29 bits per heavy atom. The Bertz CT molecular complexity index is 373. The van der Waals surface area contributed by atoms with Gasteiger partial charge in [0.25, 0.3) is 0 Å². The SMILES string of the molecule is Cc1sc(C(NCCN(C)C)C(N)=O)cc1Br. The Morgan fingerprint density at radius 3 is 2.71 bits per heavy atom.